The van der Waals surface area contributed by atoms with E-state index in [9.17, 15) is 9.18 Å². The first kappa shape index (κ1) is 19.3. The van der Waals surface area contributed by atoms with Crippen LogP contribution in [0.1, 0.15) is 30.7 Å². The van der Waals surface area contributed by atoms with Crippen molar-refractivity contribution in [2.24, 2.45) is 0 Å². The van der Waals surface area contributed by atoms with E-state index in [1.54, 1.807) is 42.5 Å². The molecule has 0 bridgehead atoms. The maximum Gasteiger partial charge on any atom is 0.248 e. The SMILES string of the molecule is O=C(C=Cc1ccc(Cl)cc1)Nc1cc(-c2nnc3n2CCCCC3)ccc1F. The molecule has 1 aliphatic heterocycles. The predicted octanol–water partition coefficient (Wildman–Crippen LogP) is 5.12. The van der Waals surface area contributed by atoms with E-state index in [1.165, 1.54) is 12.1 Å². The van der Waals surface area contributed by atoms with Crippen LogP contribution < -0.4 is 5.32 Å². The third kappa shape index (κ3) is 4.54. The van der Waals surface area contributed by atoms with Crippen LogP contribution in [0.2, 0.25) is 5.02 Å². The van der Waals surface area contributed by atoms with E-state index in [1.807, 2.05) is 0 Å². The van der Waals surface area contributed by atoms with Crippen molar-refractivity contribution in [2.45, 2.75) is 32.2 Å². The van der Waals surface area contributed by atoms with Crippen molar-refractivity contribution in [2.75, 3.05) is 5.32 Å². The molecule has 29 heavy (non-hydrogen) atoms. The van der Waals surface area contributed by atoms with E-state index in [2.05, 4.69) is 20.1 Å². The first-order valence-electron chi connectivity index (χ1n) is 9.57. The number of aromatic nitrogens is 3. The van der Waals surface area contributed by atoms with Crippen molar-refractivity contribution < 1.29 is 9.18 Å². The number of hydrogen-bond donors (Lipinski definition) is 1. The molecule has 0 fully saturated rings. The van der Waals surface area contributed by atoms with Crippen LogP contribution >= 0.6 is 11.6 Å². The average Bonchev–Trinajstić information content (AvgIpc) is 2.97. The third-order valence-corrected chi connectivity index (χ3v) is 5.14. The Labute approximate surface area is 173 Å². The van der Waals surface area contributed by atoms with Gasteiger partial charge in [0.1, 0.15) is 11.6 Å². The summed E-state index contributed by atoms with van der Waals surface area (Å²) >= 11 is 5.85. The van der Waals surface area contributed by atoms with Gasteiger partial charge in [0.05, 0.1) is 5.69 Å². The minimum absolute atomic E-state index is 0.110. The Morgan fingerprint density at radius 1 is 1.10 bits per heavy atom. The van der Waals surface area contributed by atoms with Crippen LogP contribution in [0.4, 0.5) is 10.1 Å². The molecule has 0 atom stereocenters. The van der Waals surface area contributed by atoms with Gasteiger partial charge in [-0.2, -0.15) is 0 Å². The molecule has 1 aliphatic rings. The van der Waals surface area contributed by atoms with Gasteiger partial charge in [0.2, 0.25) is 5.91 Å². The quantitative estimate of drug-likeness (QED) is 0.607. The Morgan fingerprint density at radius 2 is 1.93 bits per heavy atom. The maximum absolute atomic E-state index is 14.3. The molecule has 0 aliphatic carbocycles. The zero-order chi connectivity index (χ0) is 20.2. The lowest BCUT2D eigenvalue weighted by molar-refractivity contribution is -0.111. The Bertz CT molecular complexity index is 1060. The number of fused-ring (bicyclic) bond motifs is 1. The Balaban J connectivity index is 1.54. The van der Waals surface area contributed by atoms with Crippen LogP contribution in [0.25, 0.3) is 17.5 Å². The number of hydrogen-bond acceptors (Lipinski definition) is 3. The van der Waals surface area contributed by atoms with Gasteiger partial charge in [-0.25, -0.2) is 4.39 Å². The van der Waals surface area contributed by atoms with Gasteiger partial charge in [0, 0.05) is 29.6 Å². The molecule has 4 rings (SSSR count). The van der Waals surface area contributed by atoms with Crippen LogP contribution in [0.3, 0.4) is 0 Å². The van der Waals surface area contributed by atoms with E-state index in [-0.39, 0.29) is 5.69 Å². The van der Waals surface area contributed by atoms with Gasteiger partial charge >= 0.3 is 0 Å². The van der Waals surface area contributed by atoms with E-state index in [0.29, 0.717) is 10.8 Å². The van der Waals surface area contributed by atoms with Crippen molar-refractivity contribution in [3.05, 3.63) is 70.8 Å². The fourth-order valence-electron chi connectivity index (χ4n) is 3.38. The molecule has 0 saturated carbocycles. The molecule has 1 N–H and O–H groups in total. The Kier molecular flexibility index (Phi) is 5.71. The van der Waals surface area contributed by atoms with Crippen molar-refractivity contribution in [3.8, 4) is 11.4 Å². The minimum Gasteiger partial charge on any atom is -0.320 e. The third-order valence-electron chi connectivity index (χ3n) is 4.89. The summed E-state index contributed by atoms with van der Waals surface area (Å²) in [5.74, 6) is 0.737. The number of carbonyl (C=O) groups excluding carboxylic acids is 1. The summed E-state index contributed by atoms with van der Waals surface area (Å²) in [6, 6.07) is 11.7. The maximum atomic E-state index is 14.3. The molecular formula is C22H20ClFN4O. The molecule has 5 nitrogen and oxygen atoms in total. The van der Waals surface area contributed by atoms with Gasteiger partial charge in [0.15, 0.2) is 5.82 Å². The van der Waals surface area contributed by atoms with Crippen LogP contribution in [0.15, 0.2) is 48.5 Å². The summed E-state index contributed by atoms with van der Waals surface area (Å²) in [5.41, 5.74) is 1.66. The summed E-state index contributed by atoms with van der Waals surface area (Å²) in [4.78, 5) is 12.3. The lowest BCUT2D eigenvalue weighted by Gasteiger charge is -2.09. The van der Waals surface area contributed by atoms with Gasteiger partial charge < -0.3 is 9.88 Å². The highest BCUT2D eigenvalue weighted by molar-refractivity contribution is 6.30. The average molecular weight is 411 g/mol. The molecular weight excluding hydrogens is 391 g/mol. The van der Waals surface area contributed by atoms with Crippen molar-refractivity contribution >= 4 is 29.3 Å². The number of rotatable bonds is 4. The molecule has 7 heteroatoms. The lowest BCUT2D eigenvalue weighted by Crippen LogP contribution is -2.10. The molecule has 1 aromatic heterocycles. The first-order valence-corrected chi connectivity index (χ1v) is 9.94. The van der Waals surface area contributed by atoms with Crippen molar-refractivity contribution in [3.63, 3.8) is 0 Å². The fraction of sp³-hybridized carbons (Fsp3) is 0.227. The van der Waals surface area contributed by atoms with Crippen molar-refractivity contribution in [1.29, 1.82) is 0 Å². The van der Waals surface area contributed by atoms with Crippen LogP contribution in [-0.4, -0.2) is 20.7 Å². The van der Waals surface area contributed by atoms with E-state index in [4.69, 9.17) is 11.6 Å². The summed E-state index contributed by atoms with van der Waals surface area (Å²) in [7, 11) is 0. The van der Waals surface area contributed by atoms with E-state index >= 15 is 0 Å². The summed E-state index contributed by atoms with van der Waals surface area (Å²) in [6.45, 7) is 0.848. The van der Waals surface area contributed by atoms with Gasteiger partial charge in [-0.15, -0.1) is 10.2 Å². The lowest BCUT2D eigenvalue weighted by atomic mass is 10.1. The minimum atomic E-state index is -0.502. The van der Waals surface area contributed by atoms with Gasteiger partial charge in [-0.3, -0.25) is 4.79 Å². The van der Waals surface area contributed by atoms with E-state index < -0.39 is 11.7 Å². The normalized spacial score (nSPS) is 13.9. The molecule has 3 aromatic rings. The second kappa shape index (κ2) is 8.57. The highest BCUT2D eigenvalue weighted by Gasteiger charge is 2.17. The molecule has 2 aromatic carbocycles. The molecule has 0 unspecified atom stereocenters. The van der Waals surface area contributed by atoms with Crippen LogP contribution in [-0.2, 0) is 17.8 Å². The zero-order valence-corrected chi connectivity index (χ0v) is 16.5. The zero-order valence-electron chi connectivity index (χ0n) is 15.7. The van der Waals surface area contributed by atoms with Crippen LogP contribution in [0, 0.1) is 5.82 Å². The summed E-state index contributed by atoms with van der Waals surface area (Å²) < 4.78 is 16.4. The number of aryl methyl sites for hydroxylation is 1. The second-order valence-electron chi connectivity index (χ2n) is 6.97. The molecule has 148 valence electrons. The summed E-state index contributed by atoms with van der Waals surface area (Å²) in [5, 5.41) is 11.8. The largest absolute Gasteiger partial charge is 0.320 e. The van der Waals surface area contributed by atoms with Gasteiger partial charge in [-0.05, 0) is 54.8 Å². The molecule has 0 spiro atoms. The Hall–Kier alpha value is -2.99. The highest BCUT2D eigenvalue weighted by Crippen LogP contribution is 2.26. The molecule has 2 heterocycles. The number of benzene rings is 2. The standard InChI is InChI=1S/C22H20ClFN4O/c23-17-9-5-15(6-10-17)7-12-21(29)25-19-14-16(8-11-18(19)24)22-27-26-20-4-2-1-3-13-28(20)22/h5-12,14H,1-4,13H2,(H,25,29). The monoisotopic (exact) mass is 410 g/mol. The van der Waals surface area contributed by atoms with E-state index in [0.717, 1.165) is 49.2 Å². The van der Waals surface area contributed by atoms with Gasteiger partial charge in [-0.1, -0.05) is 30.2 Å². The number of carbonyl (C=O) groups is 1. The fourth-order valence-corrected chi connectivity index (χ4v) is 3.50. The Morgan fingerprint density at radius 3 is 2.76 bits per heavy atom. The number of nitrogens with one attached hydrogen (secondary N) is 1. The number of halogens is 2. The number of nitrogens with zero attached hydrogens (tertiary/aromatic N) is 3. The van der Waals surface area contributed by atoms with Crippen molar-refractivity contribution in [1.82, 2.24) is 14.8 Å². The number of amides is 1. The molecule has 1 amide bonds. The molecule has 0 radical (unpaired) electrons. The highest BCUT2D eigenvalue weighted by atomic mass is 35.5. The second-order valence-corrected chi connectivity index (χ2v) is 7.41. The first-order chi connectivity index (χ1) is 14.1. The van der Waals surface area contributed by atoms with Gasteiger partial charge in [0.25, 0.3) is 0 Å². The van der Waals surface area contributed by atoms with Crippen LogP contribution in [0.5, 0.6) is 0 Å². The number of anilines is 1. The predicted molar refractivity (Wildman–Crippen MR) is 112 cm³/mol. The topological polar surface area (TPSA) is 59.8 Å². The summed E-state index contributed by atoms with van der Waals surface area (Å²) in [6.07, 6.45) is 7.23. The smallest absolute Gasteiger partial charge is 0.248 e. The molecule has 0 saturated heterocycles.